The Morgan fingerprint density at radius 3 is 2.80 bits per heavy atom. The molecule has 0 spiro atoms. The van der Waals surface area contributed by atoms with Gasteiger partial charge in [0.15, 0.2) is 0 Å². The summed E-state index contributed by atoms with van der Waals surface area (Å²) in [5.74, 6) is 0.107. The molecule has 0 aliphatic heterocycles. The number of carbonyl (C=O) groups excluding carboxylic acids is 1. The van der Waals surface area contributed by atoms with Crippen LogP contribution in [0, 0.1) is 5.82 Å². The number of aldehydes is 1. The van der Waals surface area contributed by atoms with Crippen molar-refractivity contribution in [1.82, 2.24) is 0 Å². The van der Waals surface area contributed by atoms with E-state index in [4.69, 9.17) is 4.74 Å². The average Bonchev–Trinajstić information content (AvgIpc) is 2.22. The van der Waals surface area contributed by atoms with Crippen LogP contribution in [0.3, 0.4) is 0 Å². The summed E-state index contributed by atoms with van der Waals surface area (Å²) in [6, 6.07) is 3.18. The zero-order chi connectivity index (χ0) is 11.4. The number of halogens is 2. The summed E-state index contributed by atoms with van der Waals surface area (Å²) in [4.78, 5) is 10.4. The molecule has 0 radical (unpaired) electrons. The maximum Gasteiger partial charge on any atom is 0.141 e. The van der Waals surface area contributed by atoms with E-state index in [9.17, 15) is 9.18 Å². The fourth-order valence-electron chi connectivity index (χ4n) is 1.33. The van der Waals surface area contributed by atoms with E-state index in [1.807, 2.05) is 0 Å². The Hall–Kier alpha value is -0.900. The molecule has 1 unspecified atom stereocenters. The van der Waals surface area contributed by atoms with Crippen molar-refractivity contribution in [2.24, 2.45) is 0 Å². The van der Waals surface area contributed by atoms with Crippen molar-refractivity contribution in [2.45, 2.75) is 19.3 Å². The van der Waals surface area contributed by atoms with E-state index in [0.717, 1.165) is 6.29 Å². The highest BCUT2D eigenvalue weighted by molar-refractivity contribution is 9.10. The highest BCUT2D eigenvalue weighted by Crippen LogP contribution is 2.31. The van der Waals surface area contributed by atoms with Crippen molar-refractivity contribution in [3.8, 4) is 5.75 Å². The Bertz CT molecular complexity index is 366. The Morgan fingerprint density at radius 2 is 2.27 bits per heavy atom. The van der Waals surface area contributed by atoms with Gasteiger partial charge in [-0.25, -0.2) is 4.39 Å². The van der Waals surface area contributed by atoms with Crippen molar-refractivity contribution in [3.05, 3.63) is 28.0 Å². The Kier molecular flexibility index (Phi) is 4.27. The molecule has 0 saturated carbocycles. The van der Waals surface area contributed by atoms with Gasteiger partial charge in [-0.05, 0) is 39.5 Å². The van der Waals surface area contributed by atoms with Crippen molar-refractivity contribution >= 4 is 22.2 Å². The second-order valence-electron chi connectivity index (χ2n) is 3.32. The number of rotatable bonds is 4. The minimum Gasteiger partial charge on any atom is -0.497 e. The summed E-state index contributed by atoms with van der Waals surface area (Å²) < 4.78 is 19.1. The van der Waals surface area contributed by atoms with E-state index in [0.29, 0.717) is 22.2 Å². The molecule has 0 bridgehead atoms. The number of benzene rings is 1. The lowest BCUT2D eigenvalue weighted by Gasteiger charge is -2.12. The molecule has 0 aliphatic rings. The minimum atomic E-state index is -0.329. The van der Waals surface area contributed by atoms with Crippen LogP contribution >= 0.6 is 15.9 Å². The zero-order valence-corrected chi connectivity index (χ0v) is 10.2. The summed E-state index contributed by atoms with van der Waals surface area (Å²) in [5, 5.41) is 0. The van der Waals surface area contributed by atoms with Gasteiger partial charge in [-0.1, -0.05) is 6.92 Å². The number of carbonyl (C=O) groups is 1. The van der Waals surface area contributed by atoms with E-state index < -0.39 is 0 Å². The monoisotopic (exact) mass is 274 g/mol. The Morgan fingerprint density at radius 1 is 1.60 bits per heavy atom. The molecule has 1 rings (SSSR count). The molecule has 2 nitrogen and oxygen atoms in total. The average molecular weight is 275 g/mol. The highest BCUT2D eigenvalue weighted by Gasteiger charge is 2.15. The lowest BCUT2D eigenvalue weighted by atomic mass is 9.98. The van der Waals surface area contributed by atoms with Crippen LogP contribution in [0.1, 0.15) is 24.8 Å². The van der Waals surface area contributed by atoms with Gasteiger partial charge in [0.05, 0.1) is 11.6 Å². The topological polar surface area (TPSA) is 26.3 Å². The number of hydrogen-bond donors (Lipinski definition) is 0. The van der Waals surface area contributed by atoms with Gasteiger partial charge >= 0.3 is 0 Å². The summed E-state index contributed by atoms with van der Waals surface area (Å²) in [6.07, 6.45) is 1.09. The van der Waals surface area contributed by atoms with Gasteiger partial charge in [0.2, 0.25) is 0 Å². The first kappa shape index (κ1) is 12.2. The molecule has 1 aromatic carbocycles. The fraction of sp³-hybridized carbons (Fsp3) is 0.364. The summed E-state index contributed by atoms with van der Waals surface area (Å²) in [5.41, 5.74) is 0.494. The second kappa shape index (κ2) is 5.26. The third-order valence-electron chi connectivity index (χ3n) is 2.25. The van der Waals surface area contributed by atoms with Crippen molar-refractivity contribution < 1.29 is 13.9 Å². The molecule has 0 aliphatic carbocycles. The lowest BCUT2D eigenvalue weighted by Crippen LogP contribution is -2.00. The summed E-state index contributed by atoms with van der Waals surface area (Å²) in [6.45, 7) is 1.80. The first-order chi connectivity index (χ1) is 7.10. The minimum absolute atomic E-state index is 0.145. The molecule has 0 heterocycles. The Balaban J connectivity index is 3.14. The SMILES string of the molecule is COc1cc(Br)c(F)c(C(C)CC=O)c1. The standard InChI is InChI=1S/C11H12BrFO2/c1-7(3-4-14)9-5-8(15-2)6-10(12)11(9)13/h4-7H,3H2,1-2H3. The van der Waals surface area contributed by atoms with Gasteiger partial charge in [-0.3, -0.25) is 0 Å². The fourth-order valence-corrected chi connectivity index (χ4v) is 1.79. The van der Waals surface area contributed by atoms with Crippen molar-refractivity contribution in [3.63, 3.8) is 0 Å². The molecule has 82 valence electrons. The van der Waals surface area contributed by atoms with Gasteiger partial charge in [-0.2, -0.15) is 0 Å². The molecular formula is C11H12BrFO2. The van der Waals surface area contributed by atoms with Crippen LogP contribution in [-0.2, 0) is 4.79 Å². The van der Waals surface area contributed by atoms with Crippen LogP contribution in [0.2, 0.25) is 0 Å². The number of ether oxygens (including phenoxy) is 1. The zero-order valence-electron chi connectivity index (χ0n) is 8.59. The summed E-state index contributed by atoms with van der Waals surface area (Å²) in [7, 11) is 1.52. The maximum absolute atomic E-state index is 13.7. The van der Waals surface area contributed by atoms with Gasteiger partial charge in [0.1, 0.15) is 17.9 Å². The van der Waals surface area contributed by atoms with Crippen molar-refractivity contribution in [1.29, 1.82) is 0 Å². The lowest BCUT2D eigenvalue weighted by molar-refractivity contribution is -0.108. The van der Waals surface area contributed by atoms with Crippen LogP contribution in [0.25, 0.3) is 0 Å². The number of hydrogen-bond acceptors (Lipinski definition) is 2. The van der Waals surface area contributed by atoms with Gasteiger partial charge in [0, 0.05) is 6.42 Å². The van der Waals surface area contributed by atoms with E-state index in [1.54, 1.807) is 19.1 Å². The molecule has 0 N–H and O–H groups in total. The van der Waals surface area contributed by atoms with Crippen LogP contribution in [0.4, 0.5) is 4.39 Å². The maximum atomic E-state index is 13.7. The van der Waals surface area contributed by atoms with Gasteiger partial charge in [-0.15, -0.1) is 0 Å². The van der Waals surface area contributed by atoms with Crippen molar-refractivity contribution in [2.75, 3.05) is 7.11 Å². The largest absolute Gasteiger partial charge is 0.497 e. The predicted octanol–water partition coefficient (Wildman–Crippen LogP) is 3.29. The smallest absolute Gasteiger partial charge is 0.141 e. The predicted molar refractivity (Wildman–Crippen MR) is 59.7 cm³/mol. The second-order valence-corrected chi connectivity index (χ2v) is 4.17. The molecule has 1 aromatic rings. The van der Waals surface area contributed by atoms with Gasteiger partial charge < -0.3 is 9.53 Å². The van der Waals surface area contributed by atoms with E-state index in [1.165, 1.54) is 7.11 Å². The normalized spacial score (nSPS) is 12.3. The number of methoxy groups -OCH3 is 1. The molecule has 0 fully saturated rings. The molecule has 0 aromatic heterocycles. The first-order valence-corrected chi connectivity index (χ1v) is 5.36. The van der Waals surface area contributed by atoms with Crippen LogP contribution in [0.15, 0.2) is 16.6 Å². The molecule has 15 heavy (non-hydrogen) atoms. The Labute approximate surface area is 96.6 Å². The summed E-state index contributed by atoms with van der Waals surface area (Å²) >= 11 is 3.11. The third-order valence-corrected chi connectivity index (χ3v) is 2.82. The van der Waals surface area contributed by atoms with E-state index >= 15 is 0 Å². The molecular weight excluding hydrogens is 263 g/mol. The van der Waals surface area contributed by atoms with E-state index in [2.05, 4.69) is 15.9 Å². The highest BCUT2D eigenvalue weighted by atomic mass is 79.9. The third kappa shape index (κ3) is 2.78. The van der Waals surface area contributed by atoms with Crippen LogP contribution in [-0.4, -0.2) is 13.4 Å². The quantitative estimate of drug-likeness (QED) is 0.788. The van der Waals surface area contributed by atoms with Crippen LogP contribution in [0.5, 0.6) is 5.75 Å². The van der Waals surface area contributed by atoms with Crippen LogP contribution < -0.4 is 4.74 Å². The molecule has 0 saturated heterocycles. The molecule has 1 atom stereocenters. The first-order valence-electron chi connectivity index (χ1n) is 4.56. The van der Waals surface area contributed by atoms with E-state index in [-0.39, 0.29) is 11.7 Å². The molecule has 4 heteroatoms. The van der Waals surface area contributed by atoms with Gasteiger partial charge in [0.25, 0.3) is 0 Å². The molecule has 0 amide bonds.